The molecule has 0 aromatic heterocycles. The van der Waals surface area contributed by atoms with Gasteiger partial charge in [-0.25, -0.2) is 0 Å². The first-order chi connectivity index (χ1) is 13.0. The Bertz CT molecular complexity index is 395. The highest BCUT2D eigenvalue weighted by Crippen LogP contribution is 2.19. The van der Waals surface area contributed by atoms with E-state index in [2.05, 4.69) is 6.92 Å². The van der Waals surface area contributed by atoms with Crippen molar-refractivity contribution in [2.24, 2.45) is 0 Å². The predicted octanol–water partition coefficient (Wildman–Crippen LogP) is 6.67. The van der Waals surface area contributed by atoms with Crippen LogP contribution in [0.5, 0.6) is 0 Å². The van der Waals surface area contributed by atoms with Crippen molar-refractivity contribution in [2.45, 2.75) is 134 Å². The molecule has 1 unspecified atom stereocenters. The number of aliphatic hydroxyl groups excluding tert-OH is 1. The lowest BCUT2D eigenvalue weighted by Gasteiger charge is -2.13. The quantitative estimate of drug-likeness (QED) is 0.165. The van der Waals surface area contributed by atoms with Crippen molar-refractivity contribution in [3.8, 4) is 0 Å². The minimum Gasteiger partial charge on any atom is -0.396 e. The topological polar surface area (TPSA) is 74.6 Å². The van der Waals surface area contributed by atoms with Crippen molar-refractivity contribution >= 4 is 10.1 Å². The third-order valence-electron chi connectivity index (χ3n) is 5.49. The van der Waals surface area contributed by atoms with Gasteiger partial charge in [-0.05, 0) is 19.3 Å². The smallest absolute Gasteiger partial charge is 0.267 e. The van der Waals surface area contributed by atoms with Crippen LogP contribution in [0.4, 0.5) is 0 Å². The van der Waals surface area contributed by atoms with Crippen LogP contribution in [0, 0.1) is 0 Å². The van der Waals surface area contributed by atoms with Crippen LogP contribution in [0.25, 0.3) is 0 Å². The van der Waals surface area contributed by atoms with E-state index in [4.69, 9.17) is 5.11 Å². The van der Waals surface area contributed by atoms with Gasteiger partial charge in [0.2, 0.25) is 0 Å². The number of aliphatic hydroxyl groups is 1. The Kier molecular flexibility index (Phi) is 19.1. The lowest BCUT2D eigenvalue weighted by molar-refractivity contribution is 0.282. The molecule has 164 valence electrons. The van der Waals surface area contributed by atoms with Gasteiger partial charge in [-0.3, -0.25) is 4.55 Å². The van der Waals surface area contributed by atoms with Crippen LogP contribution in [0.2, 0.25) is 0 Å². The molecule has 0 heterocycles. The number of hydrogen-bond donors (Lipinski definition) is 2. The predicted molar refractivity (Wildman–Crippen MR) is 116 cm³/mol. The van der Waals surface area contributed by atoms with Crippen molar-refractivity contribution in [2.75, 3.05) is 6.61 Å². The highest BCUT2D eigenvalue weighted by molar-refractivity contribution is 7.86. The van der Waals surface area contributed by atoms with Crippen molar-refractivity contribution in [1.82, 2.24) is 0 Å². The van der Waals surface area contributed by atoms with Crippen LogP contribution in [0.15, 0.2) is 0 Å². The van der Waals surface area contributed by atoms with Crippen LogP contribution in [0.3, 0.4) is 0 Å². The fraction of sp³-hybridized carbons (Fsp3) is 1.00. The molecular formula is C22H46O4S. The summed E-state index contributed by atoms with van der Waals surface area (Å²) in [5.74, 6) is 0. The summed E-state index contributed by atoms with van der Waals surface area (Å²) in [6, 6.07) is 0. The zero-order valence-corrected chi connectivity index (χ0v) is 18.7. The Balaban J connectivity index is 3.66. The molecule has 0 saturated heterocycles. The minimum absolute atomic E-state index is 0.299. The Morgan fingerprint density at radius 1 is 0.593 bits per heavy atom. The van der Waals surface area contributed by atoms with Crippen molar-refractivity contribution < 1.29 is 18.1 Å². The summed E-state index contributed by atoms with van der Waals surface area (Å²) in [5, 5.41) is 8.17. The van der Waals surface area contributed by atoms with Gasteiger partial charge in [0.05, 0.1) is 5.25 Å². The normalized spacial score (nSPS) is 13.1. The second-order valence-electron chi connectivity index (χ2n) is 8.09. The Morgan fingerprint density at radius 3 is 1.26 bits per heavy atom. The summed E-state index contributed by atoms with van der Waals surface area (Å²) < 4.78 is 32.7. The van der Waals surface area contributed by atoms with Crippen molar-refractivity contribution in [1.29, 1.82) is 0 Å². The van der Waals surface area contributed by atoms with E-state index in [0.29, 0.717) is 19.4 Å². The molecule has 0 aliphatic heterocycles. The first kappa shape index (κ1) is 26.9. The monoisotopic (exact) mass is 406 g/mol. The SMILES string of the molecule is CCCCCCCCCCC(CCCCCCCCCCCO)S(=O)(=O)O. The molecule has 2 N–H and O–H groups in total. The van der Waals surface area contributed by atoms with Gasteiger partial charge >= 0.3 is 0 Å². The second-order valence-corrected chi connectivity index (χ2v) is 9.79. The summed E-state index contributed by atoms with van der Waals surface area (Å²) in [7, 11) is -3.90. The number of unbranched alkanes of at least 4 members (excludes halogenated alkanes) is 15. The lowest BCUT2D eigenvalue weighted by atomic mass is 10.0. The Morgan fingerprint density at radius 2 is 0.926 bits per heavy atom. The van der Waals surface area contributed by atoms with Gasteiger partial charge in [0.15, 0.2) is 0 Å². The molecule has 1 atom stereocenters. The van der Waals surface area contributed by atoms with Crippen molar-refractivity contribution in [3.05, 3.63) is 0 Å². The van der Waals surface area contributed by atoms with Crippen LogP contribution >= 0.6 is 0 Å². The van der Waals surface area contributed by atoms with E-state index >= 15 is 0 Å². The first-order valence-corrected chi connectivity index (χ1v) is 13.1. The molecule has 0 aliphatic rings. The molecular weight excluding hydrogens is 360 g/mol. The fourth-order valence-corrected chi connectivity index (χ4v) is 4.60. The maximum absolute atomic E-state index is 11.6. The third kappa shape index (κ3) is 19.0. The van der Waals surface area contributed by atoms with E-state index in [1.54, 1.807) is 0 Å². The highest BCUT2D eigenvalue weighted by Gasteiger charge is 2.21. The zero-order valence-electron chi connectivity index (χ0n) is 17.8. The summed E-state index contributed by atoms with van der Waals surface area (Å²) in [6.07, 6.45) is 20.8. The Hall–Kier alpha value is -0.130. The molecule has 0 aliphatic carbocycles. The molecule has 0 rings (SSSR count). The van der Waals surface area contributed by atoms with Crippen LogP contribution in [0.1, 0.15) is 129 Å². The van der Waals surface area contributed by atoms with Crippen LogP contribution in [-0.2, 0) is 10.1 Å². The molecule has 4 nitrogen and oxygen atoms in total. The van der Waals surface area contributed by atoms with Crippen LogP contribution in [-0.4, -0.2) is 29.9 Å². The molecule has 0 bridgehead atoms. The van der Waals surface area contributed by atoms with Gasteiger partial charge in [-0.1, -0.05) is 110 Å². The minimum atomic E-state index is -3.90. The third-order valence-corrected chi connectivity index (χ3v) is 6.80. The van der Waals surface area contributed by atoms with Gasteiger partial charge < -0.3 is 5.11 Å². The molecule has 27 heavy (non-hydrogen) atoms. The lowest BCUT2D eigenvalue weighted by Crippen LogP contribution is -2.20. The van der Waals surface area contributed by atoms with Crippen LogP contribution < -0.4 is 0 Å². The number of hydrogen-bond acceptors (Lipinski definition) is 3. The second kappa shape index (κ2) is 19.2. The van der Waals surface area contributed by atoms with Gasteiger partial charge in [0, 0.05) is 6.61 Å². The zero-order chi connectivity index (χ0) is 20.2. The average Bonchev–Trinajstić information content (AvgIpc) is 2.62. The molecule has 0 aromatic carbocycles. The van der Waals surface area contributed by atoms with E-state index < -0.39 is 15.4 Å². The van der Waals surface area contributed by atoms with Gasteiger partial charge in [-0.15, -0.1) is 0 Å². The molecule has 5 heteroatoms. The summed E-state index contributed by atoms with van der Waals surface area (Å²) in [4.78, 5) is 0. The van der Waals surface area contributed by atoms with E-state index in [9.17, 15) is 13.0 Å². The highest BCUT2D eigenvalue weighted by atomic mass is 32.2. The first-order valence-electron chi connectivity index (χ1n) is 11.6. The van der Waals surface area contributed by atoms with E-state index in [-0.39, 0.29) is 0 Å². The standard InChI is InChI=1S/C22H46O4S/c1-2-3-4-5-6-10-13-16-19-22(27(24,25)26)20-17-14-11-8-7-9-12-15-18-21-23/h22-23H,2-21H2,1H3,(H,24,25,26). The summed E-state index contributed by atoms with van der Waals surface area (Å²) >= 11 is 0. The number of rotatable bonds is 21. The van der Waals surface area contributed by atoms with Gasteiger partial charge in [0.1, 0.15) is 0 Å². The maximum atomic E-state index is 11.6. The average molecular weight is 407 g/mol. The molecule has 0 saturated carbocycles. The molecule has 0 radical (unpaired) electrons. The molecule has 0 spiro atoms. The van der Waals surface area contributed by atoms with Gasteiger partial charge in [-0.2, -0.15) is 8.42 Å². The molecule has 0 aromatic rings. The fourth-order valence-electron chi connectivity index (χ4n) is 3.67. The maximum Gasteiger partial charge on any atom is 0.267 e. The largest absolute Gasteiger partial charge is 0.396 e. The van der Waals surface area contributed by atoms with Crippen molar-refractivity contribution in [3.63, 3.8) is 0 Å². The summed E-state index contributed by atoms with van der Waals surface area (Å²) in [5.41, 5.74) is 0. The van der Waals surface area contributed by atoms with E-state index in [1.165, 1.54) is 64.2 Å². The van der Waals surface area contributed by atoms with E-state index in [1.807, 2.05) is 0 Å². The molecule has 0 fully saturated rings. The van der Waals surface area contributed by atoms with Gasteiger partial charge in [0.25, 0.3) is 10.1 Å². The Labute approximate surface area is 169 Å². The summed E-state index contributed by atoms with van der Waals surface area (Å²) in [6.45, 7) is 2.52. The van der Waals surface area contributed by atoms with E-state index in [0.717, 1.165) is 44.9 Å². The molecule has 0 amide bonds.